The van der Waals surface area contributed by atoms with E-state index in [0.29, 0.717) is 72.1 Å². The van der Waals surface area contributed by atoms with Gasteiger partial charge in [0.15, 0.2) is 11.5 Å². The zero-order valence-electron chi connectivity index (χ0n) is 26.2. The van der Waals surface area contributed by atoms with Gasteiger partial charge in [0.25, 0.3) is 0 Å². The molecule has 2 aromatic rings. The first-order chi connectivity index (χ1) is 21.3. The second kappa shape index (κ2) is 14.0. The van der Waals surface area contributed by atoms with Gasteiger partial charge in [0.2, 0.25) is 23.0 Å². The fourth-order valence-corrected chi connectivity index (χ4v) is 7.47. The molecule has 0 radical (unpaired) electrons. The number of fused-ring (bicyclic) bond motifs is 5. The molecule has 5 atom stereocenters. The van der Waals surface area contributed by atoms with E-state index in [0.717, 1.165) is 28.9 Å². The SMILES string of the molecule is COc1cc2c(c(OC)c1OC)-c1ccc(N[C@@H](CCSC)C(=O)NCC3CC4C=CC3C4)c(=O)cc1[C@@H](NC(C)=O)CC2. The van der Waals surface area contributed by atoms with Gasteiger partial charge in [0.05, 0.1) is 33.1 Å². The summed E-state index contributed by atoms with van der Waals surface area (Å²) in [7, 11) is 4.71. The number of hydrogen-bond acceptors (Lipinski definition) is 8. The van der Waals surface area contributed by atoms with E-state index in [4.69, 9.17) is 14.2 Å². The molecule has 2 bridgehead atoms. The van der Waals surface area contributed by atoms with Crippen molar-refractivity contribution in [1.82, 2.24) is 10.6 Å². The van der Waals surface area contributed by atoms with E-state index in [2.05, 4.69) is 28.1 Å². The first kappa shape index (κ1) is 31.8. The predicted molar refractivity (Wildman–Crippen MR) is 175 cm³/mol. The van der Waals surface area contributed by atoms with E-state index in [9.17, 15) is 14.4 Å². The highest BCUT2D eigenvalue weighted by molar-refractivity contribution is 7.98. The number of allylic oxidation sites excluding steroid dienone is 2. The van der Waals surface area contributed by atoms with Gasteiger partial charge in [-0.25, -0.2) is 0 Å². The third kappa shape index (κ3) is 6.55. The van der Waals surface area contributed by atoms with Crippen LogP contribution in [0.25, 0.3) is 11.1 Å². The number of aryl methyl sites for hydroxylation is 1. The summed E-state index contributed by atoms with van der Waals surface area (Å²) in [6, 6.07) is 6.14. The van der Waals surface area contributed by atoms with Crippen LogP contribution >= 0.6 is 11.8 Å². The Morgan fingerprint density at radius 1 is 1.05 bits per heavy atom. The average Bonchev–Trinajstić information content (AvgIpc) is 3.57. The van der Waals surface area contributed by atoms with Gasteiger partial charge in [-0.2, -0.15) is 11.8 Å². The number of carbonyl (C=O) groups is 2. The minimum Gasteiger partial charge on any atom is -0.493 e. The van der Waals surface area contributed by atoms with Crippen LogP contribution in [-0.4, -0.2) is 57.7 Å². The van der Waals surface area contributed by atoms with E-state index >= 15 is 0 Å². The highest BCUT2D eigenvalue weighted by Crippen LogP contribution is 2.50. The highest BCUT2D eigenvalue weighted by atomic mass is 32.2. The molecule has 5 rings (SSSR count). The van der Waals surface area contributed by atoms with Crippen molar-refractivity contribution >= 4 is 29.3 Å². The molecule has 2 amide bonds. The van der Waals surface area contributed by atoms with Crippen molar-refractivity contribution in [3.63, 3.8) is 0 Å². The minimum atomic E-state index is -0.566. The molecule has 1 saturated carbocycles. The maximum absolute atomic E-state index is 13.8. The largest absolute Gasteiger partial charge is 0.493 e. The first-order valence-electron chi connectivity index (χ1n) is 15.3. The Hall–Kier alpha value is -3.66. The Labute approximate surface area is 263 Å². The predicted octanol–water partition coefficient (Wildman–Crippen LogP) is 4.73. The van der Waals surface area contributed by atoms with Crippen molar-refractivity contribution in [2.75, 3.05) is 45.2 Å². The van der Waals surface area contributed by atoms with Gasteiger partial charge in [-0.3, -0.25) is 14.4 Å². The van der Waals surface area contributed by atoms with Crippen LogP contribution in [0.2, 0.25) is 0 Å². The molecule has 0 spiro atoms. The smallest absolute Gasteiger partial charge is 0.242 e. The molecule has 0 heterocycles. The molecular weight excluding hydrogens is 578 g/mol. The topological polar surface area (TPSA) is 115 Å². The van der Waals surface area contributed by atoms with Gasteiger partial charge in [0, 0.05) is 19.0 Å². The molecule has 0 saturated heterocycles. The Morgan fingerprint density at radius 2 is 1.84 bits per heavy atom. The molecule has 3 aliphatic rings. The van der Waals surface area contributed by atoms with Crippen LogP contribution in [0.1, 0.15) is 49.8 Å². The second-order valence-corrected chi connectivity index (χ2v) is 12.8. The summed E-state index contributed by atoms with van der Waals surface area (Å²) < 4.78 is 17.2. The lowest BCUT2D eigenvalue weighted by molar-refractivity contribution is -0.122. The summed E-state index contributed by atoms with van der Waals surface area (Å²) in [4.78, 5) is 39.5. The number of anilines is 1. The van der Waals surface area contributed by atoms with Crippen molar-refractivity contribution in [2.45, 2.75) is 51.1 Å². The number of ether oxygens (including phenoxy) is 3. The van der Waals surface area contributed by atoms with Crippen LogP contribution < -0.4 is 35.6 Å². The van der Waals surface area contributed by atoms with E-state index in [1.54, 1.807) is 45.2 Å². The molecule has 3 aliphatic carbocycles. The molecule has 3 N–H and O–H groups in total. The van der Waals surface area contributed by atoms with Crippen LogP contribution in [-0.2, 0) is 16.0 Å². The Kier molecular flexibility index (Phi) is 10.1. The number of hydrogen-bond donors (Lipinski definition) is 3. The molecule has 44 heavy (non-hydrogen) atoms. The molecule has 3 unspecified atom stereocenters. The second-order valence-electron chi connectivity index (χ2n) is 11.9. The summed E-state index contributed by atoms with van der Waals surface area (Å²) in [6.07, 6.45) is 10.7. The van der Waals surface area contributed by atoms with Gasteiger partial charge in [-0.15, -0.1) is 0 Å². The number of rotatable bonds is 12. The summed E-state index contributed by atoms with van der Waals surface area (Å²) in [5, 5.41) is 9.49. The zero-order valence-corrected chi connectivity index (χ0v) is 27.0. The van der Waals surface area contributed by atoms with Crippen molar-refractivity contribution in [3.8, 4) is 28.4 Å². The summed E-state index contributed by atoms with van der Waals surface area (Å²) in [5.41, 5.74) is 3.22. The maximum atomic E-state index is 13.8. The van der Waals surface area contributed by atoms with Crippen molar-refractivity contribution in [1.29, 1.82) is 0 Å². The molecule has 9 nitrogen and oxygen atoms in total. The number of methoxy groups -OCH3 is 3. The lowest BCUT2D eigenvalue weighted by Crippen LogP contribution is -2.43. The summed E-state index contributed by atoms with van der Waals surface area (Å²) >= 11 is 1.66. The van der Waals surface area contributed by atoms with Gasteiger partial charge in [-0.1, -0.05) is 18.2 Å². The standard InChI is InChI=1S/C34H43N3O6S/c1-19(38)36-26-10-8-22-16-30(41-2)32(42-3)33(43-4)31(22)24-9-11-27(29(39)17-25(24)26)37-28(12-13-44-5)34(40)35-18-23-15-20-6-7-21(23)14-20/h6-7,9,11,16-17,20-21,23,26,28H,8,10,12-15,18H2,1-5H3,(H,35,40)(H,36,38)(H,37,39)/t20?,21?,23?,26-,28-/m0/s1. The third-order valence-corrected chi connectivity index (χ3v) is 9.77. The molecule has 0 aromatic heterocycles. The maximum Gasteiger partial charge on any atom is 0.242 e. The van der Waals surface area contributed by atoms with Crippen LogP contribution in [0.15, 0.2) is 41.2 Å². The molecule has 10 heteroatoms. The monoisotopic (exact) mass is 621 g/mol. The fraction of sp³-hybridized carbons (Fsp3) is 0.500. The normalized spacial score (nSPS) is 21.8. The quantitative estimate of drug-likeness (QED) is 0.292. The summed E-state index contributed by atoms with van der Waals surface area (Å²) in [5.74, 6) is 3.61. The average molecular weight is 622 g/mol. The first-order valence-corrected chi connectivity index (χ1v) is 16.7. The van der Waals surface area contributed by atoms with Crippen LogP contribution in [0, 0.1) is 17.8 Å². The molecule has 0 aliphatic heterocycles. The van der Waals surface area contributed by atoms with Gasteiger partial charge >= 0.3 is 0 Å². The number of benzene rings is 1. The molecule has 2 aromatic carbocycles. The summed E-state index contributed by atoms with van der Waals surface area (Å²) in [6.45, 7) is 2.11. The van der Waals surface area contributed by atoms with E-state index < -0.39 is 12.1 Å². The van der Waals surface area contributed by atoms with Crippen LogP contribution in [0.3, 0.4) is 0 Å². The van der Waals surface area contributed by atoms with Crippen molar-refractivity contribution < 1.29 is 23.8 Å². The number of amides is 2. The number of thioether (sulfide) groups is 1. The molecular formula is C34H43N3O6S. The van der Waals surface area contributed by atoms with Crippen LogP contribution in [0.4, 0.5) is 5.69 Å². The fourth-order valence-electron chi connectivity index (χ4n) is 7.00. The Balaban J connectivity index is 1.52. The zero-order chi connectivity index (χ0) is 31.4. The molecule has 1 fully saturated rings. The van der Waals surface area contributed by atoms with Crippen molar-refractivity contribution in [3.05, 3.63) is 57.8 Å². The van der Waals surface area contributed by atoms with E-state index in [-0.39, 0.29) is 17.2 Å². The van der Waals surface area contributed by atoms with Gasteiger partial charge < -0.3 is 30.2 Å². The minimum absolute atomic E-state index is 0.0989. The molecule has 236 valence electrons. The lowest BCUT2D eigenvalue weighted by Gasteiger charge is -2.22. The van der Waals surface area contributed by atoms with Gasteiger partial charge in [0.1, 0.15) is 6.04 Å². The highest BCUT2D eigenvalue weighted by Gasteiger charge is 2.36. The third-order valence-electron chi connectivity index (χ3n) is 9.13. The van der Waals surface area contributed by atoms with Crippen LogP contribution in [0.5, 0.6) is 17.2 Å². The van der Waals surface area contributed by atoms with E-state index in [1.807, 2.05) is 18.4 Å². The van der Waals surface area contributed by atoms with Crippen molar-refractivity contribution in [2.24, 2.45) is 17.8 Å². The lowest BCUT2D eigenvalue weighted by atomic mass is 9.93. The van der Waals surface area contributed by atoms with Gasteiger partial charge in [-0.05, 0) is 96.8 Å². The number of carbonyl (C=O) groups excluding carboxylic acids is 2. The van der Waals surface area contributed by atoms with E-state index in [1.165, 1.54) is 13.3 Å². The number of nitrogens with one attached hydrogen (secondary N) is 3. The Bertz CT molecular complexity index is 1490. The Morgan fingerprint density at radius 3 is 2.48 bits per heavy atom.